The first kappa shape index (κ1) is 22.5. The molecule has 0 N–H and O–H groups in total. The maximum atomic E-state index is 13.0. The number of hydrogen-bond acceptors (Lipinski definition) is 5. The zero-order valence-corrected chi connectivity index (χ0v) is 18.8. The van der Waals surface area contributed by atoms with Crippen LogP contribution < -0.4 is 4.74 Å². The third kappa shape index (κ3) is 4.60. The van der Waals surface area contributed by atoms with Crippen molar-refractivity contribution < 1.29 is 23.9 Å². The van der Waals surface area contributed by atoms with Gasteiger partial charge in [-0.3, -0.25) is 24.1 Å². The maximum Gasteiger partial charge on any atom is 0.261 e. The number of rotatable bonds is 6. The van der Waals surface area contributed by atoms with Crippen LogP contribution in [0.15, 0.2) is 48.5 Å². The summed E-state index contributed by atoms with van der Waals surface area (Å²) >= 11 is 0. The Morgan fingerprint density at radius 2 is 1.52 bits per heavy atom. The highest BCUT2D eigenvalue weighted by molar-refractivity contribution is 6.22. The molecule has 8 nitrogen and oxygen atoms in total. The molecule has 33 heavy (non-hydrogen) atoms. The van der Waals surface area contributed by atoms with E-state index in [0.717, 1.165) is 5.75 Å². The first-order chi connectivity index (χ1) is 15.9. The quantitative estimate of drug-likeness (QED) is 0.633. The van der Waals surface area contributed by atoms with Crippen molar-refractivity contribution in [2.24, 2.45) is 0 Å². The fourth-order valence-electron chi connectivity index (χ4n) is 4.13. The van der Waals surface area contributed by atoms with Gasteiger partial charge in [0.2, 0.25) is 5.91 Å². The number of benzene rings is 2. The molecule has 2 aliphatic heterocycles. The van der Waals surface area contributed by atoms with Gasteiger partial charge in [-0.25, -0.2) is 0 Å². The highest BCUT2D eigenvalue weighted by atomic mass is 16.5. The minimum absolute atomic E-state index is 0.00607. The molecule has 0 atom stereocenters. The first-order valence-electron chi connectivity index (χ1n) is 11.1. The third-order valence-electron chi connectivity index (χ3n) is 5.93. The minimum Gasteiger partial charge on any atom is -0.493 e. The predicted octanol–water partition coefficient (Wildman–Crippen LogP) is 2.44. The zero-order chi connectivity index (χ0) is 23.5. The van der Waals surface area contributed by atoms with Crippen LogP contribution >= 0.6 is 0 Å². The molecule has 2 aromatic carbocycles. The van der Waals surface area contributed by atoms with Gasteiger partial charge in [-0.2, -0.15) is 0 Å². The SMILES string of the molecule is CC(C)N1C(=O)c2ccc(C(=O)N3CCN(C(=O)CCOc4ccccc4)CC3)cc2C1=O. The van der Waals surface area contributed by atoms with Gasteiger partial charge in [0.1, 0.15) is 5.75 Å². The molecule has 4 amide bonds. The number of imide groups is 1. The summed E-state index contributed by atoms with van der Waals surface area (Å²) in [6.07, 6.45) is 0.274. The molecule has 0 radical (unpaired) electrons. The lowest BCUT2D eigenvalue weighted by atomic mass is 10.0. The van der Waals surface area contributed by atoms with Crippen LogP contribution in [0.3, 0.4) is 0 Å². The Labute approximate surface area is 192 Å². The summed E-state index contributed by atoms with van der Waals surface area (Å²) in [4.78, 5) is 55.2. The van der Waals surface area contributed by atoms with Crippen molar-refractivity contribution in [3.63, 3.8) is 0 Å². The number of fused-ring (bicyclic) bond motifs is 1. The van der Waals surface area contributed by atoms with E-state index in [4.69, 9.17) is 4.74 Å². The van der Waals surface area contributed by atoms with Crippen molar-refractivity contribution in [1.29, 1.82) is 0 Å². The van der Waals surface area contributed by atoms with Gasteiger partial charge in [0.05, 0.1) is 24.2 Å². The van der Waals surface area contributed by atoms with E-state index >= 15 is 0 Å². The van der Waals surface area contributed by atoms with Crippen molar-refractivity contribution >= 4 is 23.6 Å². The second-order valence-corrected chi connectivity index (χ2v) is 8.42. The van der Waals surface area contributed by atoms with Crippen molar-refractivity contribution in [2.45, 2.75) is 26.3 Å². The second-order valence-electron chi connectivity index (χ2n) is 8.42. The highest BCUT2D eigenvalue weighted by Crippen LogP contribution is 2.26. The standard InChI is InChI=1S/C25H27N3O5/c1-17(2)28-24(31)20-9-8-18(16-21(20)25(28)32)23(30)27-13-11-26(12-14-27)22(29)10-15-33-19-6-4-3-5-7-19/h3-9,16-17H,10-15H2,1-2H3. The molecule has 172 valence electrons. The first-order valence-corrected chi connectivity index (χ1v) is 11.1. The fraction of sp³-hybridized carbons (Fsp3) is 0.360. The number of carbonyl (C=O) groups excluding carboxylic acids is 4. The lowest BCUT2D eigenvalue weighted by Crippen LogP contribution is -2.50. The number of nitrogens with zero attached hydrogens (tertiary/aromatic N) is 3. The predicted molar refractivity (Wildman–Crippen MR) is 121 cm³/mol. The average molecular weight is 450 g/mol. The Kier molecular flexibility index (Phi) is 6.44. The van der Waals surface area contributed by atoms with Crippen molar-refractivity contribution in [3.05, 3.63) is 65.2 Å². The lowest BCUT2D eigenvalue weighted by Gasteiger charge is -2.35. The molecular weight excluding hydrogens is 422 g/mol. The summed E-state index contributed by atoms with van der Waals surface area (Å²) in [6, 6.07) is 13.8. The maximum absolute atomic E-state index is 13.0. The lowest BCUT2D eigenvalue weighted by molar-refractivity contribution is -0.133. The molecule has 2 heterocycles. The molecule has 1 fully saturated rings. The Bertz CT molecular complexity index is 1070. The van der Waals surface area contributed by atoms with Crippen LogP contribution in [0, 0.1) is 0 Å². The fourth-order valence-corrected chi connectivity index (χ4v) is 4.13. The summed E-state index contributed by atoms with van der Waals surface area (Å²) in [5, 5.41) is 0. The van der Waals surface area contributed by atoms with Gasteiger partial charge in [0.15, 0.2) is 0 Å². The largest absolute Gasteiger partial charge is 0.493 e. The molecule has 0 bridgehead atoms. The molecule has 0 aliphatic carbocycles. The van der Waals surface area contributed by atoms with Crippen LogP contribution in [0.5, 0.6) is 5.75 Å². The van der Waals surface area contributed by atoms with Gasteiger partial charge in [-0.15, -0.1) is 0 Å². The van der Waals surface area contributed by atoms with E-state index in [1.807, 2.05) is 30.3 Å². The minimum atomic E-state index is -0.368. The molecule has 0 spiro atoms. The van der Waals surface area contributed by atoms with Crippen LogP contribution in [0.1, 0.15) is 51.3 Å². The topological polar surface area (TPSA) is 87.2 Å². The van der Waals surface area contributed by atoms with E-state index in [0.29, 0.717) is 43.9 Å². The van der Waals surface area contributed by atoms with Crippen LogP contribution in [-0.2, 0) is 4.79 Å². The molecule has 8 heteroatoms. The number of ether oxygens (including phenoxy) is 1. The molecule has 4 rings (SSSR count). The van der Waals surface area contributed by atoms with Gasteiger partial charge in [-0.1, -0.05) is 18.2 Å². The van der Waals surface area contributed by atoms with Gasteiger partial charge in [0, 0.05) is 37.8 Å². The van der Waals surface area contributed by atoms with Crippen LogP contribution in [0.2, 0.25) is 0 Å². The third-order valence-corrected chi connectivity index (χ3v) is 5.93. The number of amides is 4. The number of piperazine rings is 1. The Morgan fingerprint density at radius 1 is 0.879 bits per heavy atom. The Morgan fingerprint density at radius 3 is 2.18 bits per heavy atom. The summed E-state index contributed by atoms with van der Waals surface area (Å²) in [6.45, 7) is 5.57. The van der Waals surface area contributed by atoms with Crippen LogP contribution in [0.25, 0.3) is 0 Å². The van der Waals surface area contributed by atoms with Crippen LogP contribution in [0.4, 0.5) is 0 Å². The normalized spacial score (nSPS) is 15.8. The summed E-state index contributed by atoms with van der Waals surface area (Å²) in [5.41, 5.74) is 0.974. The van der Waals surface area contributed by atoms with Crippen LogP contribution in [-0.4, -0.2) is 77.2 Å². The Balaban J connectivity index is 1.31. The van der Waals surface area contributed by atoms with E-state index in [1.165, 1.54) is 11.0 Å². The Hall–Kier alpha value is -3.68. The summed E-state index contributed by atoms with van der Waals surface area (Å²) < 4.78 is 5.59. The van der Waals surface area contributed by atoms with Gasteiger partial charge < -0.3 is 14.5 Å². The molecule has 0 aromatic heterocycles. The average Bonchev–Trinajstić information content (AvgIpc) is 3.08. The van der Waals surface area contributed by atoms with E-state index in [2.05, 4.69) is 0 Å². The number of para-hydroxylation sites is 1. The zero-order valence-electron chi connectivity index (χ0n) is 18.8. The molecule has 0 saturated carbocycles. The van der Waals surface area contributed by atoms with Gasteiger partial charge in [0.25, 0.3) is 17.7 Å². The molecule has 2 aromatic rings. The van der Waals surface area contributed by atoms with Gasteiger partial charge >= 0.3 is 0 Å². The van der Waals surface area contributed by atoms with E-state index in [-0.39, 0.29) is 41.7 Å². The van der Waals surface area contributed by atoms with E-state index in [9.17, 15) is 19.2 Å². The van der Waals surface area contributed by atoms with Crippen molar-refractivity contribution in [3.8, 4) is 5.75 Å². The van der Waals surface area contributed by atoms with Gasteiger partial charge in [-0.05, 0) is 44.2 Å². The smallest absolute Gasteiger partial charge is 0.261 e. The summed E-state index contributed by atoms with van der Waals surface area (Å²) in [5.74, 6) is -0.180. The number of carbonyl (C=O) groups is 4. The molecule has 0 unspecified atom stereocenters. The summed E-state index contributed by atoms with van der Waals surface area (Å²) in [7, 11) is 0. The molecule has 2 aliphatic rings. The van der Waals surface area contributed by atoms with E-state index in [1.54, 1.807) is 35.8 Å². The van der Waals surface area contributed by atoms with Crippen molar-refractivity contribution in [1.82, 2.24) is 14.7 Å². The monoisotopic (exact) mass is 449 g/mol. The van der Waals surface area contributed by atoms with E-state index < -0.39 is 0 Å². The molecular formula is C25H27N3O5. The second kappa shape index (κ2) is 9.44. The molecule has 1 saturated heterocycles. The number of hydrogen-bond donors (Lipinski definition) is 0. The van der Waals surface area contributed by atoms with Crippen molar-refractivity contribution in [2.75, 3.05) is 32.8 Å². The highest BCUT2D eigenvalue weighted by Gasteiger charge is 2.38.